The fraction of sp³-hybridized carbons (Fsp3) is 0.414. The molecule has 220 valence electrons. The number of carbonyl (C=O) groups excluding carboxylic acids is 3. The van der Waals surface area contributed by atoms with Gasteiger partial charge in [-0.15, -0.1) is 0 Å². The van der Waals surface area contributed by atoms with Crippen LogP contribution in [0.1, 0.15) is 60.7 Å². The van der Waals surface area contributed by atoms with Crippen LogP contribution in [0.25, 0.3) is 0 Å². The van der Waals surface area contributed by atoms with Crippen molar-refractivity contribution < 1.29 is 48.4 Å². The summed E-state index contributed by atoms with van der Waals surface area (Å²) in [6, 6.07) is 16.2. The molecule has 4 rings (SSSR count). The zero-order chi connectivity index (χ0) is 30.2. The molecule has 2 aliphatic heterocycles. The van der Waals surface area contributed by atoms with Crippen LogP contribution in [0.3, 0.4) is 0 Å². The largest absolute Gasteiger partial charge is 0.478 e. The zero-order valence-corrected chi connectivity index (χ0v) is 22.9. The molecule has 4 N–H and O–H groups in total. The molecule has 12 heteroatoms. The Balaban J connectivity index is 0.000000260. The Bertz CT molecular complexity index is 1160. The molecule has 0 radical (unpaired) electrons. The van der Waals surface area contributed by atoms with Crippen molar-refractivity contribution in [3.8, 4) is 0 Å². The van der Waals surface area contributed by atoms with Crippen molar-refractivity contribution >= 4 is 30.0 Å². The van der Waals surface area contributed by atoms with Gasteiger partial charge in [-0.05, 0) is 64.3 Å². The monoisotopic (exact) mass is 570 g/mol. The normalized spacial score (nSPS) is 20.4. The molecule has 2 aromatic carbocycles. The van der Waals surface area contributed by atoms with Gasteiger partial charge in [-0.1, -0.05) is 36.4 Å². The average Bonchev–Trinajstić information content (AvgIpc) is 3.54. The Labute approximate surface area is 237 Å². The molecular formula is C29H34N2O10. The second-order valence-electron chi connectivity index (χ2n) is 10.6. The van der Waals surface area contributed by atoms with Gasteiger partial charge in [0, 0.05) is 18.1 Å². The van der Waals surface area contributed by atoms with Gasteiger partial charge in [-0.25, -0.2) is 24.0 Å². The summed E-state index contributed by atoms with van der Waals surface area (Å²) < 4.78 is 14.8. The topological polar surface area (TPSA) is 178 Å². The molecule has 2 bridgehead atoms. The lowest BCUT2D eigenvalue weighted by molar-refractivity contribution is -0.166. The summed E-state index contributed by atoms with van der Waals surface area (Å²) in [4.78, 5) is 58.4. The first-order chi connectivity index (χ1) is 19.3. The first-order valence-corrected chi connectivity index (χ1v) is 13.1. The van der Waals surface area contributed by atoms with Gasteiger partial charge in [0.05, 0.1) is 11.1 Å². The average molecular weight is 571 g/mol. The van der Waals surface area contributed by atoms with Crippen LogP contribution >= 0.6 is 0 Å². The van der Waals surface area contributed by atoms with E-state index in [1.165, 1.54) is 61.4 Å². The number of ether oxygens (including phenoxy) is 3. The van der Waals surface area contributed by atoms with Crippen molar-refractivity contribution in [3.05, 3.63) is 71.8 Å². The van der Waals surface area contributed by atoms with Gasteiger partial charge >= 0.3 is 30.0 Å². The van der Waals surface area contributed by atoms with E-state index in [2.05, 4.69) is 10.6 Å². The third kappa shape index (κ3) is 9.31. The van der Waals surface area contributed by atoms with E-state index < -0.39 is 41.7 Å². The Morgan fingerprint density at radius 2 is 1.27 bits per heavy atom. The van der Waals surface area contributed by atoms with E-state index in [1.54, 1.807) is 12.1 Å². The summed E-state index contributed by atoms with van der Waals surface area (Å²) in [5.74, 6) is -5.63. The number of nitrogens with one attached hydrogen (secondary N) is 2. The lowest BCUT2D eigenvalue weighted by Gasteiger charge is -2.25. The summed E-state index contributed by atoms with van der Waals surface area (Å²) in [6.45, 7) is 5.64. The van der Waals surface area contributed by atoms with Crippen LogP contribution in [0.4, 0.5) is 4.79 Å². The van der Waals surface area contributed by atoms with E-state index in [9.17, 15) is 34.2 Å². The minimum atomic E-state index is -2.21. The molecule has 2 aliphatic rings. The van der Waals surface area contributed by atoms with Crippen molar-refractivity contribution in [1.82, 2.24) is 10.6 Å². The van der Waals surface area contributed by atoms with E-state index in [-0.39, 0.29) is 23.3 Å². The number of hydrogen-bond acceptors (Lipinski definition) is 9. The number of alkyl carbamates (subject to hydrolysis) is 1. The van der Waals surface area contributed by atoms with Crippen LogP contribution in [0.15, 0.2) is 60.7 Å². The Morgan fingerprint density at radius 3 is 1.61 bits per heavy atom. The van der Waals surface area contributed by atoms with Crippen molar-refractivity contribution in [1.29, 1.82) is 0 Å². The maximum Gasteiger partial charge on any atom is 0.407 e. The summed E-state index contributed by atoms with van der Waals surface area (Å²) in [5, 5.41) is 24.9. The van der Waals surface area contributed by atoms with Gasteiger partial charge in [-0.2, -0.15) is 0 Å². The third-order valence-electron chi connectivity index (χ3n) is 6.25. The summed E-state index contributed by atoms with van der Waals surface area (Å²) in [6.07, 6.45) is -1.26. The van der Waals surface area contributed by atoms with Crippen LogP contribution in [-0.4, -0.2) is 76.1 Å². The molecule has 1 amide bonds. The Hall–Kier alpha value is -4.45. The summed E-state index contributed by atoms with van der Waals surface area (Å²) >= 11 is 0. The predicted octanol–water partition coefficient (Wildman–Crippen LogP) is 3.01. The first kappa shape index (κ1) is 31.1. The maximum atomic E-state index is 12.0. The molecule has 0 spiro atoms. The van der Waals surface area contributed by atoms with E-state index in [1.807, 2.05) is 20.8 Å². The fourth-order valence-corrected chi connectivity index (χ4v) is 4.44. The Morgan fingerprint density at radius 1 is 0.805 bits per heavy atom. The molecule has 0 aromatic heterocycles. The number of fused-ring (bicyclic) bond motifs is 2. The number of carbonyl (C=O) groups is 5. The second kappa shape index (κ2) is 13.8. The minimum absolute atomic E-state index is 0.0253. The first-order valence-electron chi connectivity index (χ1n) is 13.1. The summed E-state index contributed by atoms with van der Waals surface area (Å²) in [7, 11) is 0. The van der Waals surface area contributed by atoms with Crippen molar-refractivity contribution in [2.45, 2.75) is 76.0 Å². The van der Waals surface area contributed by atoms with Crippen LogP contribution in [0, 0.1) is 0 Å². The number of carboxylic acid groups (broad SMARTS) is 2. The molecule has 2 fully saturated rings. The van der Waals surface area contributed by atoms with Crippen molar-refractivity contribution in [2.24, 2.45) is 0 Å². The number of benzene rings is 2. The molecule has 2 aromatic rings. The van der Waals surface area contributed by atoms with Crippen LogP contribution in [0.5, 0.6) is 0 Å². The molecule has 2 saturated heterocycles. The number of amides is 1. The van der Waals surface area contributed by atoms with Gasteiger partial charge in [0.25, 0.3) is 0 Å². The summed E-state index contributed by atoms with van der Waals surface area (Å²) in [5.41, 5.74) is -0.357. The molecular weight excluding hydrogens is 536 g/mol. The number of esters is 2. The highest BCUT2D eigenvalue weighted by Crippen LogP contribution is 2.28. The fourth-order valence-electron chi connectivity index (χ4n) is 4.44. The lowest BCUT2D eigenvalue weighted by Crippen LogP contribution is -2.45. The van der Waals surface area contributed by atoms with E-state index in [0.29, 0.717) is 12.1 Å². The molecule has 0 aliphatic carbocycles. The molecule has 0 unspecified atom stereocenters. The number of carboxylic acids is 2. The van der Waals surface area contributed by atoms with Crippen molar-refractivity contribution in [2.75, 3.05) is 0 Å². The van der Waals surface area contributed by atoms with E-state index >= 15 is 0 Å². The predicted molar refractivity (Wildman–Crippen MR) is 144 cm³/mol. The van der Waals surface area contributed by atoms with Gasteiger partial charge in [0.15, 0.2) is 0 Å². The van der Waals surface area contributed by atoms with Crippen LogP contribution in [-0.2, 0) is 23.8 Å². The van der Waals surface area contributed by atoms with Crippen LogP contribution < -0.4 is 10.6 Å². The standard InChI is InChI=1S/C18H14O8.C11H20N2O2/c19-15(20)13(25-17(23)11-7-3-1-4-8-11)14(16(21)22)26-18(24)12-9-5-2-6-10-12;1-11(2,3)15-10(14)13-9-6-7-4-5-8(9)12-7/h1-10,13-14H,(H,19,20)(H,21,22);7-9,12H,4-6H2,1-3H3,(H,13,14)/t13-,14-;7-,8+,9+/m10/s1. The second-order valence-corrected chi connectivity index (χ2v) is 10.6. The maximum absolute atomic E-state index is 12.0. The molecule has 5 atom stereocenters. The molecule has 0 saturated carbocycles. The van der Waals surface area contributed by atoms with Gasteiger partial charge in [-0.3, -0.25) is 0 Å². The van der Waals surface area contributed by atoms with Crippen molar-refractivity contribution in [3.63, 3.8) is 0 Å². The highest BCUT2D eigenvalue weighted by Gasteiger charge is 2.41. The zero-order valence-electron chi connectivity index (χ0n) is 22.9. The SMILES string of the molecule is CC(C)(C)OC(=O)N[C@@H]1C[C@@H]2CC[C@H]1N2.O=C(O[C@@H](C(=O)O)[C@@H](OC(=O)c1ccccc1)C(=O)O)c1ccccc1. The molecule has 12 nitrogen and oxygen atoms in total. The molecule has 41 heavy (non-hydrogen) atoms. The highest BCUT2D eigenvalue weighted by atomic mass is 16.6. The minimum Gasteiger partial charge on any atom is -0.478 e. The van der Waals surface area contributed by atoms with Crippen LogP contribution in [0.2, 0.25) is 0 Å². The third-order valence-corrected chi connectivity index (χ3v) is 6.25. The van der Waals surface area contributed by atoms with E-state index in [0.717, 1.165) is 6.42 Å². The number of rotatable bonds is 8. The lowest BCUT2D eigenvalue weighted by atomic mass is 9.96. The molecule has 2 heterocycles. The van der Waals surface area contributed by atoms with Gasteiger partial charge in [0.1, 0.15) is 5.60 Å². The smallest absolute Gasteiger partial charge is 0.407 e. The van der Waals surface area contributed by atoms with E-state index in [4.69, 9.17) is 14.2 Å². The highest BCUT2D eigenvalue weighted by molar-refractivity contribution is 5.95. The Kier molecular flexibility index (Phi) is 10.4. The number of hydrogen-bond donors (Lipinski definition) is 4. The van der Waals surface area contributed by atoms with Gasteiger partial charge in [0.2, 0.25) is 12.2 Å². The quantitative estimate of drug-likeness (QED) is 0.271. The number of aliphatic carboxylic acids is 2. The van der Waals surface area contributed by atoms with Gasteiger partial charge < -0.3 is 35.1 Å².